The predicted octanol–water partition coefficient (Wildman–Crippen LogP) is 1.73. The molecule has 2 aromatic carbocycles. The molecule has 3 aliphatic rings. The highest BCUT2D eigenvalue weighted by Gasteiger charge is 2.27. The average Bonchev–Trinajstić information content (AvgIpc) is 3.01. The van der Waals surface area contributed by atoms with Gasteiger partial charge in [-0.25, -0.2) is 0 Å². The molecule has 46 heavy (non-hydrogen) atoms. The number of phenolic OH excluding ortho intramolecular Hbond substituents is 2. The Balaban J connectivity index is 1.29. The third kappa shape index (κ3) is 8.21. The summed E-state index contributed by atoms with van der Waals surface area (Å²) in [5.74, 6) is 0.492. The van der Waals surface area contributed by atoms with Gasteiger partial charge in [-0.3, -0.25) is 9.80 Å². The monoisotopic (exact) mass is 637 g/mol. The second-order valence-corrected chi connectivity index (χ2v) is 12.9. The first-order chi connectivity index (χ1) is 22.2. The topological polar surface area (TPSA) is 146 Å². The van der Waals surface area contributed by atoms with Crippen LogP contribution in [0, 0.1) is 13.8 Å². The fourth-order valence-electron chi connectivity index (χ4n) is 6.61. The van der Waals surface area contributed by atoms with Gasteiger partial charge in [0.2, 0.25) is 0 Å². The first-order valence-corrected chi connectivity index (χ1v) is 16.5. The van der Waals surface area contributed by atoms with Crippen molar-refractivity contribution in [3.05, 3.63) is 69.0 Å². The number of aryl methyl sites for hydroxylation is 2. The number of nitrogens with zero attached hydrogens (tertiary/aromatic N) is 4. The van der Waals surface area contributed by atoms with Crippen LogP contribution < -0.4 is 5.32 Å². The van der Waals surface area contributed by atoms with Crippen molar-refractivity contribution in [3.8, 4) is 11.5 Å². The largest absolute Gasteiger partial charge is 0.507 e. The van der Waals surface area contributed by atoms with Gasteiger partial charge in [-0.1, -0.05) is 12.1 Å². The minimum absolute atomic E-state index is 0.244. The van der Waals surface area contributed by atoms with Crippen molar-refractivity contribution in [2.45, 2.75) is 58.7 Å². The van der Waals surface area contributed by atoms with Gasteiger partial charge >= 0.3 is 0 Å². The molecule has 2 unspecified atom stereocenters. The highest BCUT2D eigenvalue weighted by molar-refractivity contribution is 5.64. The lowest BCUT2D eigenvalue weighted by Crippen LogP contribution is -2.44. The van der Waals surface area contributed by atoms with E-state index in [9.17, 15) is 30.6 Å². The van der Waals surface area contributed by atoms with Crippen LogP contribution in [0.15, 0.2) is 35.7 Å². The van der Waals surface area contributed by atoms with E-state index in [-0.39, 0.29) is 24.7 Å². The van der Waals surface area contributed by atoms with Crippen LogP contribution in [-0.4, -0.2) is 128 Å². The molecule has 252 valence electrons. The Morgan fingerprint density at radius 3 is 1.59 bits per heavy atom. The molecule has 11 nitrogen and oxygen atoms in total. The van der Waals surface area contributed by atoms with Crippen molar-refractivity contribution in [1.29, 1.82) is 0 Å². The van der Waals surface area contributed by atoms with Crippen LogP contribution in [0.1, 0.15) is 52.6 Å². The minimum atomic E-state index is -0.930. The SMILES string of the molecule is Cc1cc(C=C2CCN2C(O)CO)c(O)c(CN2CCCNCCN(Cc3cc(C)cc(C=C4CCN4C(O)CO)c3O)CC2)c1. The Morgan fingerprint density at radius 1 is 0.674 bits per heavy atom. The van der Waals surface area contributed by atoms with Crippen molar-refractivity contribution in [1.82, 2.24) is 24.9 Å². The van der Waals surface area contributed by atoms with Crippen LogP contribution in [0.5, 0.6) is 11.5 Å². The second kappa shape index (κ2) is 15.6. The third-order valence-corrected chi connectivity index (χ3v) is 9.32. The molecular formula is C35H51N5O6. The number of benzene rings is 2. The Bertz CT molecular complexity index is 1310. The highest BCUT2D eigenvalue weighted by atomic mass is 16.3. The number of aliphatic hydroxyl groups is 4. The van der Waals surface area contributed by atoms with Gasteiger partial charge in [0.05, 0.1) is 13.2 Å². The van der Waals surface area contributed by atoms with E-state index < -0.39 is 12.5 Å². The van der Waals surface area contributed by atoms with Crippen LogP contribution in [0.3, 0.4) is 0 Å². The van der Waals surface area contributed by atoms with Crippen molar-refractivity contribution in [3.63, 3.8) is 0 Å². The average molecular weight is 638 g/mol. The molecule has 0 spiro atoms. The van der Waals surface area contributed by atoms with Gasteiger partial charge in [0.15, 0.2) is 0 Å². The van der Waals surface area contributed by atoms with Crippen molar-refractivity contribution in [2.75, 3.05) is 65.6 Å². The summed E-state index contributed by atoms with van der Waals surface area (Å²) in [6.45, 7) is 11.0. The fraction of sp³-hybridized carbons (Fsp3) is 0.543. The molecule has 0 bridgehead atoms. The van der Waals surface area contributed by atoms with E-state index in [1.807, 2.05) is 50.3 Å². The van der Waals surface area contributed by atoms with Crippen LogP contribution >= 0.6 is 0 Å². The van der Waals surface area contributed by atoms with E-state index >= 15 is 0 Å². The number of aliphatic hydroxyl groups excluding tert-OH is 4. The smallest absolute Gasteiger partial charge is 0.150 e. The third-order valence-electron chi connectivity index (χ3n) is 9.32. The summed E-state index contributed by atoms with van der Waals surface area (Å²) in [5, 5.41) is 65.0. The van der Waals surface area contributed by atoms with E-state index in [1.54, 1.807) is 9.80 Å². The summed E-state index contributed by atoms with van der Waals surface area (Å²) in [4.78, 5) is 8.23. The molecule has 11 heteroatoms. The lowest BCUT2D eigenvalue weighted by atomic mass is 10.00. The minimum Gasteiger partial charge on any atom is -0.507 e. The fourth-order valence-corrected chi connectivity index (χ4v) is 6.61. The summed E-state index contributed by atoms with van der Waals surface area (Å²) in [5.41, 5.74) is 7.06. The van der Waals surface area contributed by atoms with Crippen molar-refractivity contribution < 1.29 is 30.6 Å². The standard InChI is InChI=1S/C35H51N5O6/c1-24-14-26(18-30-4-9-39(30)32(43)22-41)34(45)28(16-24)20-37-8-3-6-36-7-11-38(13-12-37)21-29-17-25(2)15-27(35(29)46)19-31-5-10-40(31)33(44)23-42/h14-19,32-33,36,41-46H,3-13,20-23H2,1-2H3. The maximum Gasteiger partial charge on any atom is 0.150 e. The summed E-state index contributed by atoms with van der Waals surface area (Å²) in [6.07, 6.45) is 4.54. The molecule has 0 saturated carbocycles. The summed E-state index contributed by atoms with van der Waals surface area (Å²) in [7, 11) is 0. The number of hydrogen-bond donors (Lipinski definition) is 7. The zero-order valence-electron chi connectivity index (χ0n) is 27.2. The Labute approximate surface area is 272 Å². The number of aromatic hydroxyl groups is 2. The van der Waals surface area contributed by atoms with Crippen molar-refractivity contribution in [2.24, 2.45) is 0 Å². The quantitative estimate of drug-likeness (QED) is 0.205. The first-order valence-electron chi connectivity index (χ1n) is 16.5. The van der Waals surface area contributed by atoms with Crippen molar-refractivity contribution >= 4 is 12.2 Å². The molecule has 0 aromatic heterocycles. The van der Waals surface area contributed by atoms with Gasteiger partial charge < -0.3 is 45.8 Å². The number of nitrogens with one attached hydrogen (secondary N) is 1. The first kappa shape index (κ1) is 34.2. The van der Waals surface area contributed by atoms with Gasteiger partial charge in [-0.15, -0.1) is 0 Å². The van der Waals surface area contributed by atoms with E-state index in [0.29, 0.717) is 26.2 Å². The van der Waals surface area contributed by atoms with E-state index in [2.05, 4.69) is 15.1 Å². The summed E-state index contributed by atoms with van der Waals surface area (Å²) in [6, 6.07) is 7.98. The van der Waals surface area contributed by atoms with Gasteiger partial charge in [0, 0.05) is 98.8 Å². The molecule has 2 atom stereocenters. The molecule has 3 fully saturated rings. The summed E-state index contributed by atoms with van der Waals surface area (Å²) >= 11 is 0. The molecule has 2 aromatic rings. The Morgan fingerprint density at radius 2 is 1.15 bits per heavy atom. The normalized spacial score (nSPS) is 21.7. The van der Waals surface area contributed by atoms with Gasteiger partial charge in [0.25, 0.3) is 0 Å². The summed E-state index contributed by atoms with van der Waals surface area (Å²) < 4.78 is 0. The number of rotatable bonds is 10. The molecule has 0 aliphatic carbocycles. The molecular weight excluding hydrogens is 586 g/mol. The molecule has 3 heterocycles. The molecule has 3 aliphatic heterocycles. The lowest BCUT2D eigenvalue weighted by molar-refractivity contribution is -0.0374. The Kier molecular flexibility index (Phi) is 11.6. The zero-order valence-corrected chi connectivity index (χ0v) is 27.2. The van der Waals surface area contributed by atoms with Gasteiger partial charge in [-0.2, -0.15) is 0 Å². The highest BCUT2D eigenvalue weighted by Crippen LogP contribution is 2.34. The molecule has 5 rings (SSSR count). The van der Waals surface area contributed by atoms with E-state index in [1.165, 1.54) is 0 Å². The van der Waals surface area contributed by atoms with Gasteiger partial charge in [0.1, 0.15) is 24.0 Å². The van der Waals surface area contributed by atoms with E-state index in [4.69, 9.17) is 0 Å². The molecule has 3 saturated heterocycles. The lowest BCUT2D eigenvalue weighted by Gasteiger charge is -2.39. The van der Waals surface area contributed by atoms with Gasteiger partial charge in [-0.05, 0) is 68.8 Å². The van der Waals surface area contributed by atoms with Crippen LogP contribution in [0.2, 0.25) is 0 Å². The predicted molar refractivity (Wildman–Crippen MR) is 179 cm³/mol. The van der Waals surface area contributed by atoms with Crippen LogP contribution in [-0.2, 0) is 13.1 Å². The zero-order chi connectivity index (χ0) is 32.8. The number of likely N-dealkylation sites (tertiary alicyclic amines) is 2. The number of hydrogen-bond acceptors (Lipinski definition) is 11. The Hall–Kier alpha value is -3.16. The molecule has 0 amide bonds. The van der Waals surface area contributed by atoms with Crippen LogP contribution in [0.25, 0.3) is 12.2 Å². The number of phenols is 2. The maximum absolute atomic E-state index is 11.3. The molecule has 0 radical (unpaired) electrons. The molecule has 7 N–H and O–H groups in total. The second-order valence-electron chi connectivity index (χ2n) is 12.9. The van der Waals surface area contributed by atoms with E-state index in [0.717, 1.165) is 103 Å². The maximum atomic E-state index is 11.3. The van der Waals surface area contributed by atoms with Crippen LogP contribution in [0.4, 0.5) is 0 Å².